The number of carbonyl (C=O) groups excluding carboxylic acids is 1. The number of hydrogen-bond donors (Lipinski definition) is 2. The van der Waals surface area contributed by atoms with Gasteiger partial charge in [-0.3, -0.25) is 10.2 Å². The van der Waals surface area contributed by atoms with Crippen LogP contribution in [0.1, 0.15) is 19.4 Å². The number of aryl methyl sites for hydroxylation is 1. The van der Waals surface area contributed by atoms with E-state index in [9.17, 15) is 4.79 Å². The Bertz CT molecular complexity index is 586. The van der Waals surface area contributed by atoms with Gasteiger partial charge in [0, 0.05) is 14.1 Å². The molecule has 0 radical (unpaired) electrons. The number of hydrogen-bond acceptors (Lipinski definition) is 3. The number of imidazole rings is 1. The molecule has 1 aromatic heterocycles. The molecule has 5 nitrogen and oxygen atoms in total. The van der Waals surface area contributed by atoms with E-state index in [-0.39, 0.29) is 5.91 Å². The maximum atomic E-state index is 12.0. The lowest BCUT2D eigenvalue weighted by atomic mass is 9.84. The number of hydrazine groups is 1. The summed E-state index contributed by atoms with van der Waals surface area (Å²) in [5.74, 6) is -0.0692. The van der Waals surface area contributed by atoms with Gasteiger partial charge in [-0.25, -0.2) is 10.4 Å². The largest absolute Gasteiger partial charge is 0.334 e. The summed E-state index contributed by atoms with van der Waals surface area (Å²) in [6, 6.07) is 5.93. The van der Waals surface area contributed by atoms with Crippen molar-refractivity contribution < 1.29 is 4.79 Å². The van der Waals surface area contributed by atoms with Crippen molar-refractivity contribution in [1.82, 2.24) is 20.4 Å². The molecule has 2 N–H and O–H groups in total. The molecule has 0 aliphatic rings. The molecule has 18 heavy (non-hydrogen) atoms. The van der Waals surface area contributed by atoms with Crippen molar-refractivity contribution in [2.45, 2.75) is 19.3 Å². The van der Waals surface area contributed by atoms with E-state index in [1.54, 1.807) is 13.4 Å². The normalized spacial score (nSPS) is 11.8. The van der Waals surface area contributed by atoms with Crippen LogP contribution in [-0.4, -0.2) is 22.5 Å². The van der Waals surface area contributed by atoms with Gasteiger partial charge in [0.2, 0.25) is 5.91 Å². The zero-order valence-electron chi connectivity index (χ0n) is 11.1. The Hall–Kier alpha value is -1.88. The number of carbonyl (C=O) groups is 1. The van der Waals surface area contributed by atoms with E-state index in [0.29, 0.717) is 0 Å². The number of aromatic nitrogens is 2. The van der Waals surface area contributed by atoms with E-state index in [1.807, 2.05) is 43.7 Å². The minimum atomic E-state index is -0.602. The van der Waals surface area contributed by atoms with Crippen LogP contribution in [0.3, 0.4) is 0 Å². The first-order chi connectivity index (χ1) is 8.46. The molecule has 1 amide bonds. The summed E-state index contributed by atoms with van der Waals surface area (Å²) in [4.78, 5) is 16.3. The van der Waals surface area contributed by atoms with E-state index in [0.717, 1.165) is 16.6 Å². The van der Waals surface area contributed by atoms with Gasteiger partial charge in [0.25, 0.3) is 0 Å². The maximum absolute atomic E-state index is 12.0. The number of amides is 1. The van der Waals surface area contributed by atoms with Crippen LogP contribution in [0.15, 0.2) is 24.5 Å². The summed E-state index contributed by atoms with van der Waals surface area (Å²) in [7, 11) is 3.63. The molecule has 0 saturated carbocycles. The molecular formula is C13H18N4O. The zero-order chi connectivity index (χ0) is 13.3. The van der Waals surface area contributed by atoms with Crippen molar-refractivity contribution in [3.8, 4) is 0 Å². The first-order valence-electron chi connectivity index (χ1n) is 5.85. The first-order valence-corrected chi connectivity index (χ1v) is 5.85. The average molecular weight is 246 g/mol. The SMILES string of the molecule is CNNC(=O)C(C)(C)c1ccc2c(c1)ncn2C. The van der Waals surface area contributed by atoms with Gasteiger partial charge in [0.15, 0.2) is 0 Å². The predicted octanol–water partition coefficient (Wildman–Crippen LogP) is 1.10. The summed E-state index contributed by atoms with van der Waals surface area (Å²) in [5.41, 5.74) is 7.59. The number of nitrogens with zero attached hydrogens (tertiary/aromatic N) is 2. The minimum Gasteiger partial charge on any atom is -0.334 e. The van der Waals surface area contributed by atoms with Crippen LogP contribution in [0.4, 0.5) is 0 Å². The molecule has 0 aliphatic heterocycles. The summed E-state index contributed by atoms with van der Waals surface area (Å²) in [6.45, 7) is 3.79. The molecule has 1 aromatic carbocycles. The third-order valence-corrected chi connectivity index (χ3v) is 3.25. The smallest absolute Gasteiger partial charge is 0.244 e. The van der Waals surface area contributed by atoms with Gasteiger partial charge in [-0.1, -0.05) is 6.07 Å². The summed E-state index contributed by atoms with van der Waals surface area (Å²) < 4.78 is 1.96. The van der Waals surface area contributed by atoms with Crippen LogP contribution in [0.2, 0.25) is 0 Å². The van der Waals surface area contributed by atoms with Gasteiger partial charge in [-0.2, -0.15) is 0 Å². The lowest BCUT2D eigenvalue weighted by Crippen LogP contribution is -2.45. The second kappa shape index (κ2) is 4.42. The Kier molecular flexibility index (Phi) is 3.09. The number of benzene rings is 1. The fourth-order valence-electron chi connectivity index (χ4n) is 1.93. The van der Waals surface area contributed by atoms with E-state index in [4.69, 9.17) is 0 Å². The van der Waals surface area contributed by atoms with Gasteiger partial charge < -0.3 is 4.57 Å². The molecule has 0 aliphatic carbocycles. The van der Waals surface area contributed by atoms with Crippen LogP contribution in [0.25, 0.3) is 11.0 Å². The van der Waals surface area contributed by atoms with Crippen molar-refractivity contribution in [3.05, 3.63) is 30.1 Å². The van der Waals surface area contributed by atoms with Crippen LogP contribution in [0.5, 0.6) is 0 Å². The van der Waals surface area contributed by atoms with Crippen molar-refractivity contribution in [3.63, 3.8) is 0 Å². The number of fused-ring (bicyclic) bond motifs is 1. The average Bonchev–Trinajstić information content (AvgIpc) is 2.71. The summed E-state index contributed by atoms with van der Waals surface area (Å²) in [5, 5.41) is 0. The molecule has 2 rings (SSSR count). The van der Waals surface area contributed by atoms with Crippen LogP contribution < -0.4 is 10.9 Å². The molecule has 0 fully saturated rings. The lowest BCUT2D eigenvalue weighted by Gasteiger charge is -2.23. The van der Waals surface area contributed by atoms with Gasteiger partial charge >= 0.3 is 0 Å². The molecule has 5 heteroatoms. The second-order valence-electron chi connectivity index (χ2n) is 4.89. The highest BCUT2D eigenvalue weighted by Crippen LogP contribution is 2.26. The second-order valence-corrected chi connectivity index (χ2v) is 4.89. The fourth-order valence-corrected chi connectivity index (χ4v) is 1.93. The number of rotatable bonds is 3. The monoisotopic (exact) mass is 246 g/mol. The van der Waals surface area contributed by atoms with Gasteiger partial charge in [-0.15, -0.1) is 0 Å². The van der Waals surface area contributed by atoms with E-state index < -0.39 is 5.41 Å². The van der Waals surface area contributed by atoms with E-state index >= 15 is 0 Å². The topological polar surface area (TPSA) is 58.9 Å². The van der Waals surface area contributed by atoms with Crippen LogP contribution in [0, 0.1) is 0 Å². The predicted molar refractivity (Wildman–Crippen MR) is 70.9 cm³/mol. The van der Waals surface area contributed by atoms with E-state index in [1.165, 1.54) is 0 Å². The van der Waals surface area contributed by atoms with Crippen LogP contribution >= 0.6 is 0 Å². The summed E-state index contributed by atoms with van der Waals surface area (Å²) >= 11 is 0. The molecular weight excluding hydrogens is 228 g/mol. The Morgan fingerprint density at radius 2 is 2.11 bits per heavy atom. The zero-order valence-corrected chi connectivity index (χ0v) is 11.1. The third kappa shape index (κ3) is 1.97. The molecule has 0 atom stereocenters. The van der Waals surface area contributed by atoms with Gasteiger partial charge in [0.1, 0.15) is 0 Å². The molecule has 0 unspecified atom stereocenters. The highest BCUT2D eigenvalue weighted by atomic mass is 16.2. The quantitative estimate of drug-likeness (QED) is 0.797. The van der Waals surface area contributed by atoms with Crippen molar-refractivity contribution in [2.75, 3.05) is 7.05 Å². The van der Waals surface area contributed by atoms with Crippen molar-refractivity contribution in [1.29, 1.82) is 0 Å². The first kappa shape index (κ1) is 12.6. The van der Waals surface area contributed by atoms with Crippen molar-refractivity contribution >= 4 is 16.9 Å². The minimum absolute atomic E-state index is 0.0692. The Labute approximate surface area is 106 Å². The fraction of sp³-hybridized carbons (Fsp3) is 0.385. The Morgan fingerprint density at radius 3 is 2.78 bits per heavy atom. The molecule has 0 bridgehead atoms. The summed E-state index contributed by atoms with van der Waals surface area (Å²) in [6.07, 6.45) is 1.77. The molecule has 96 valence electrons. The van der Waals surface area contributed by atoms with Gasteiger partial charge in [-0.05, 0) is 31.5 Å². The highest BCUT2D eigenvalue weighted by molar-refractivity contribution is 5.88. The number of nitrogens with one attached hydrogen (secondary N) is 2. The standard InChI is InChI=1S/C13H18N4O/c1-13(2,12(18)16-14-3)9-5-6-11-10(7-9)15-8-17(11)4/h5-8,14H,1-4H3,(H,16,18). The lowest BCUT2D eigenvalue weighted by molar-refractivity contribution is -0.126. The highest BCUT2D eigenvalue weighted by Gasteiger charge is 2.29. The Balaban J connectivity index is 2.44. The maximum Gasteiger partial charge on any atom is 0.244 e. The van der Waals surface area contributed by atoms with Crippen molar-refractivity contribution in [2.24, 2.45) is 7.05 Å². The van der Waals surface area contributed by atoms with Gasteiger partial charge in [0.05, 0.1) is 22.8 Å². The molecule has 2 aromatic rings. The van der Waals surface area contributed by atoms with Crippen LogP contribution in [-0.2, 0) is 17.3 Å². The van der Waals surface area contributed by atoms with E-state index in [2.05, 4.69) is 15.8 Å². The third-order valence-electron chi connectivity index (χ3n) is 3.25. The Morgan fingerprint density at radius 1 is 1.39 bits per heavy atom. The molecule has 1 heterocycles. The molecule has 0 spiro atoms. The molecule has 0 saturated heterocycles.